The van der Waals surface area contributed by atoms with Crippen LogP contribution in [0.4, 0.5) is 5.69 Å². The van der Waals surface area contributed by atoms with Crippen molar-refractivity contribution in [3.8, 4) is 11.5 Å². The predicted molar refractivity (Wildman–Crippen MR) is 69.2 cm³/mol. The van der Waals surface area contributed by atoms with Crippen molar-refractivity contribution >= 4 is 27.5 Å². The Kier molecular flexibility index (Phi) is 3.57. The molecule has 2 rings (SSSR count). The van der Waals surface area contributed by atoms with Crippen LogP contribution in [0.5, 0.6) is 11.5 Å². The second-order valence-corrected chi connectivity index (χ2v) is 5.14. The molecule has 1 aliphatic heterocycles. The third-order valence-electron chi connectivity index (χ3n) is 2.76. The molecular formula is C12H14BrNO3. The van der Waals surface area contributed by atoms with Gasteiger partial charge in [-0.2, -0.15) is 0 Å². The van der Waals surface area contributed by atoms with E-state index >= 15 is 0 Å². The van der Waals surface area contributed by atoms with E-state index in [0.29, 0.717) is 24.5 Å². The normalized spacial score (nSPS) is 19.6. The molecule has 92 valence electrons. The molecule has 1 unspecified atom stereocenters. The molecule has 0 aliphatic carbocycles. The minimum absolute atomic E-state index is 0.124. The van der Waals surface area contributed by atoms with Gasteiger partial charge in [-0.15, -0.1) is 0 Å². The monoisotopic (exact) mass is 299 g/mol. The van der Waals surface area contributed by atoms with Crippen molar-refractivity contribution in [1.29, 1.82) is 0 Å². The maximum atomic E-state index is 11.8. The molecule has 1 saturated heterocycles. The van der Waals surface area contributed by atoms with Crippen LogP contribution in [0.2, 0.25) is 0 Å². The molecule has 17 heavy (non-hydrogen) atoms. The number of rotatable bonds is 3. The standard InChI is InChI=1S/C12H14BrNO3/c1-16-10-4-3-9(6-11(10)17-2)14-7-8(13)5-12(14)15/h3-4,6,8H,5,7H2,1-2H3. The number of carbonyl (C=O) groups is 1. The number of nitrogens with zero attached hydrogens (tertiary/aromatic N) is 1. The number of benzene rings is 1. The van der Waals surface area contributed by atoms with E-state index in [2.05, 4.69) is 15.9 Å². The van der Waals surface area contributed by atoms with Gasteiger partial charge in [-0.05, 0) is 12.1 Å². The first-order valence-corrected chi connectivity index (χ1v) is 6.23. The van der Waals surface area contributed by atoms with E-state index in [0.717, 1.165) is 5.69 Å². The fourth-order valence-corrected chi connectivity index (χ4v) is 2.47. The molecule has 5 heteroatoms. The Morgan fingerprint density at radius 1 is 1.29 bits per heavy atom. The Balaban J connectivity index is 2.30. The number of hydrogen-bond acceptors (Lipinski definition) is 3. The van der Waals surface area contributed by atoms with Crippen LogP contribution in [0.3, 0.4) is 0 Å². The molecule has 0 radical (unpaired) electrons. The molecule has 0 bridgehead atoms. The van der Waals surface area contributed by atoms with Crippen LogP contribution >= 0.6 is 15.9 Å². The maximum Gasteiger partial charge on any atom is 0.228 e. The van der Waals surface area contributed by atoms with Crippen LogP contribution in [-0.2, 0) is 4.79 Å². The highest BCUT2D eigenvalue weighted by atomic mass is 79.9. The summed E-state index contributed by atoms with van der Waals surface area (Å²) >= 11 is 3.46. The smallest absolute Gasteiger partial charge is 0.228 e. The highest BCUT2D eigenvalue weighted by Gasteiger charge is 2.29. The van der Waals surface area contributed by atoms with Crippen molar-refractivity contribution in [3.05, 3.63) is 18.2 Å². The number of hydrogen-bond donors (Lipinski definition) is 0. The van der Waals surface area contributed by atoms with E-state index in [1.165, 1.54) is 0 Å². The Hall–Kier alpha value is -1.23. The second-order valence-electron chi connectivity index (χ2n) is 3.85. The summed E-state index contributed by atoms with van der Waals surface area (Å²) in [5.74, 6) is 1.42. The van der Waals surface area contributed by atoms with Crippen molar-refractivity contribution in [2.75, 3.05) is 25.7 Å². The maximum absolute atomic E-state index is 11.8. The van der Waals surface area contributed by atoms with E-state index in [1.54, 1.807) is 19.1 Å². The van der Waals surface area contributed by atoms with Crippen LogP contribution in [0.1, 0.15) is 6.42 Å². The van der Waals surface area contributed by atoms with Gasteiger partial charge in [0.1, 0.15) is 0 Å². The summed E-state index contributed by atoms with van der Waals surface area (Å²) in [4.78, 5) is 13.7. The lowest BCUT2D eigenvalue weighted by atomic mass is 10.2. The van der Waals surface area contributed by atoms with Gasteiger partial charge in [0.2, 0.25) is 5.91 Å². The first-order valence-electron chi connectivity index (χ1n) is 5.32. The van der Waals surface area contributed by atoms with Crippen molar-refractivity contribution in [1.82, 2.24) is 0 Å². The average Bonchev–Trinajstić information content (AvgIpc) is 2.67. The third kappa shape index (κ3) is 2.39. The molecule has 0 aromatic heterocycles. The zero-order valence-corrected chi connectivity index (χ0v) is 11.4. The second kappa shape index (κ2) is 4.96. The summed E-state index contributed by atoms with van der Waals surface area (Å²) in [6.45, 7) is 0.689. The first kappa shape index (κ1) is 12.2. The van der Waals surface area contributed by atoms with E-state index in [1.807, 2.05) is 18.2 Å². The quantitative estimate of drug-likeness (QED) is 0.803. The lowest BCUT2D eigenvalue weighted by Gasteiger charge is -2.17. The topological polar surface area (TPSA) is 38.8 Å². The highest BCUT2D eigenvalue weighted by molar-refractivity contribution is 9.09. The van der Waals surface area contributed by atoms with Gasteiger partial charge >= 0.3 is 0 Å². The summed E-state index contributed by atoms with van der Waals surface area (Å²) in [5, 5.41) is 0. The molecular weight excluding hydrogens is 286 g/mol. The van der Waals surface area contributed by atoms with Gasteiger partial charge in [0.05, 0.1) is 14.2 Å². The zero-order valence-electron chi connectivity index (χ0n) is 9.77. The van der Waals surface area contributed by atoms with Crippen LogP contribution in [-0.4, -0.2) is 31.5 Å². The van der Waals surface area contributed by atoms with Crippen LogP contribution in [0, 0.1) is 0 Å². The van der Waals surface area contributed by atoms with Crippen molar-refractivity contribution in [2.24, 2.45) is 0 Å². The Bertz CT molecular complexity index is 436. The minimum Gasteiger partial charge on any atom is -0.493 e. The fourth-order valence-electron chi connectivity index (χ4n) is 1.91. The van der Waals surface area contributed by atoms with Gasteiger partial charge in [-0.1, -0.05) is 15.9 Å². The van der Waals surface area contributed by atoms with E-state index in [-0.39, 0.29) is 10.7 Å². The number of alkyl halides is 1. The van der Waals surface area contributed by atoms with Gasteiger partial charge < -0.3 is 14.4 Å². The average molecular weight is 300 g/mol. The summed E-state index contributed by atoms with van der Waals surface area (Å²) < 4.78 is 10.4. The van der Waals surface area contributed by atoms with Crippen LogP contribution in [0.25, 0.3) is 0 Å². The van der Waals surface area contributed by atoms with E-state index < -0.39 is 0 Å². The molecule has 1 fully saturated rings. The van der Waals surface area contributed by atoms with Gasteiger partial charge in [0.25, 0.3) is 0 Å². The molecule has 0 N–H and O–H groups in total. The van der Waals surface area contributed by atoms with Crippen molar-refractivity contribution < 1.29 is 14.3 Å². The summed E-state index contributed by atoms with van der Waals surface area (Å²) in [5.41, 5.74) is 0.842. The molecule has 4 nitrogen and oxygen atoms in total. The third-order valence-corrected chi connectivity index (χ3v) is 3.37. The van der Waals surface area contributed by atoms with Crippen LogP contribution in [0.15, 0.2) is 18.2 Å². The molecule has 1 aromatic rings. The van der Waals surface area contributed by atoms with Crippen molar-refractivity contribution in [3.63, 3.8) is 0 Å². The Morgan fingerprint density at radius 2 is 2.00 bits per heavy atom. The van der Waals surface area contributed by atoms with Gasteiger partial charge in [0, 0.05) is 29.5 Å². The Morgan fingerprint density at radius 3 is 2.53 bits per heavy atom. The van der Waals surface area contributed by atoms with E-state index in [9.17, 15) is 4.79 Å². The number of halogens is 1. The number of ether oxygens (including phenoxy) is 2. The first-order chi connectivity index (χ1) is 8.15. The summed E-state index contributed by atoms with van der Waals surface area (Å²) in [6.07, 6.45) is 0.536. The van der Waals surface area contributed by atoms with Crippen LogP contribution < -0.4 is 14.4 Å². The van der Waals surface area contributed by atoms with Gasteiger partial charge in [0.15, 0.2) is 11.5 Å². The lowest BCUT2D eigenvalue weighted by Crippen LogP contribution is -2.24. The number of carbonyl (C=O) groups excluding carboxylic acids is 1. The molecule has 1 aliphatic rings. The molecule has 1 amide bonds. The number of amides is 1. The van der Waals surface area contributed by atoms with E-state index in [4.69, 9.17) is 9.47 Å². The highest BCUT2D eigenvalue weighted by Crippen LogP contribution is 2.33. The lowest BCUT2D eigenvalue weighted by molar-refractivity contribution is -0.117. The summed E-state index contributed by atoms with van der Waals surface area (Å²) in [7, 11) is 3.17. The SMILES string of the molecule is COc1ccc(N2CC(Br)CC2=O)cc1OC. The molecule has 0 saturated carbocycles. The molecule has 1 heterocycles. The number of anilines is 1. The van der Waals surface area contributed by atoms with Gasteiger partial charge in [-0.25, -0.2) is 0 Å². The molecule has 1 atom stereocenters. The van der Waals surface area contributed by atoms with Crippen molar-refractivity contribution in [2.45, 2.75) is 11.2 Å². The largest absolute Gasteiger partial charge is 0.493 e. The predicted octanol–water partition coefficient (Wildman–Crippen LogP) is 2.20. The minimum atomic E-state index is 0.124. The fraction of sp³-hybridized carbons (Fsp3) is 0.417. The molecule has 1 aromatic carbocycles. The molecule has 0 spiro atoms. The zero-order chi connectivity index (χ0) is 12.4. The Labute approximate surface area is 109 Å². The summed E-state index contributed by atoms with van der Waals surface area (Å²) in [6, 6.07) is 5.50. The van der Waals surface area contributed by atoms with Gasteiger partial charge in [-0.3, -0.25) is 4.79 Å². The number of methoxy groups -OCH3 is 2.